The van der Waals surface area contributed by atoms with E-state index in [4.69, 9.17) is 4.98 Å². The van der Waals surface area contributed by atoms with Gasteiger partial charge < -0.3 is 5.32 Å². The maximum absolute atomic E-state index is 5.01. The van der Waals surface area contributed by atoms with E-state index in [0.29, 0.717) is 0 Å². The number of rotatable bonds is 5. The second kappa shape index (κ2) is 6.78. The van der Waals surface area contributed by atoms with Gasteiger partial charge in [0.05, 0.1) is 5.52 Å². The molecule has 0 spiro atoms. The van der Waals surface area contributed by atoms with Crippen LogP contribution in [0.4, 0.5) is 0 Å². The number of benzene rings is 1. The Morgan fingerprint density at radius 2 is 1.95 bits per heavy atom. The molecule has 1 aliphatic carbocycles. The maximum atomic E-state index is 5.01. The van der Waals surface area contributed by atoms with Crippen LogP contribution in [0.15, 0.2) is 12.1 Å². The third-order valence-electron chi connectivity index (χ3n) is 4.83. The third-order valence-corrected chi connectivity index (χ3v) is 4.83. The van der Waals surface area contributed by atoms with Crippen LogP contribution >= 0.6 is 0 Å². The number of aryl methyl sites for hydroxylation is 3. The topological polar surface area (TPSA) is 24.9 Å². The zero-order valence-corrected chi connectivity index (χ0v) is 14.3. The predicted molar refractivity (Wildman–Crippen MR) is 94.5 cm³/mol. The molecule has 0 saturated heterocycles. The Hall–Kier alpha value is -1.41. The van der Waals surface area contributed by atoms with Gasteiger partial charge in [0.2, 0.25) is 0 Å². The molecule has 0 saturated carbocycles. The minimum absolute atomic E-state index is 0.991. The summed E-state index contributed by atoms with van der Waals surface area (Å²) >= 11 is 0. The van der Waals surface area contributed by atoms with Crippen LogP contribution in [0.1, 0.15) is 60.6 Å². The highest BCUT2D eigenvalue weighted by Crippen LogP contribution is 2.31. The average molecular weight is 296 g/mol. The maximum Gasteiger partial charge on any atom is 0.0714 e. The number of aromatic nitrogens is 1. The Labute approximate surface area is 134 Å². The highest BCUT2D eigenvalue weighted by Gasteiger charge is 2.19. The zero-order chi connectivity index (χ0) is 15.5. The largest absolute Gasteiger partial charge is 0.313 e. The molecule has 0 radical (unpaired) electrons. The summed E-state index contributed by atoms with van der Waals surface area (Å²) in [6.07, 6.45) is 7.46. The fraction of sp³-hybridized carbons (Fsp3) is 0.550. The quantitative estimate of drug-likeness (QED) is 0.814. The van der Waals surface area contributed by atoms with E-state index >= 15 is 0 Å². The minimum Gasteiger partial charge on any atom is -0.313 e. The standard InChI is InChI=1S/C20H28N2/c1-4-5-10-21-13-17-16-8-6-7-9-18(16)22-19-12-14(2)11-15(3)20(17)19/h11-12,21H,4-10,13H2,1-3H3. The van der Waals surface area contributed by atoms with Crippen molar-refractivity contribution >= 4 is 10.9 Å². The Kier molecular flexibility index (Phi) is 4.77. The monoisotopic (exact) mass is 296 g/mol. The van der Waals surface area contributed by atoms with Crippen molar-refractivity contribution in [1.82, 2.24) is 10.3 Å². The molecule has 3 rings (SSSR count). The highest BCUT2D eigenvalue weighted by atomic mass is 14.8. The van der Waals surface area contributed by atoms with Crippen molar-refractivity contribution in [2.45, 2.75) is 65.8 Å². The summed E-state index contributed by atoms with van der Waals surface area (Å²) in [7, 11) is 0. The lowest BCUT2D eigenvalue weighted by Crippen LogP contribution is -2.19. The van der Waals surface area contributed by atoms with Gasteiger partial charge in [-0.2, -0.15) is 0 Å². The van der Waals surface area contributed by atoms with Gasteiger partial charge in [0.1, 0.15) is 0 Å². The SMILES string of the molecule is CCCCNCc1c2c(nc3cc(C)cc(C)c13)CCCC2. The number of pyridine rings is 1. The van der Waals surface area contributed by atoms with Gasteiger partial charge in [-0.15, -0.1) is 0 Å². The first-order valence-corrected chi connectivity index (χ1v) is 8.83. The molecule has 2 heteroatoms. The minimum atomic E-state index is 0.991. The molecule has 1 N–H and O–H groups in total. The van der Waals surface area contributed by atoms with E-state index in [1.807, 2.05) is 0 Å². The summed E-state index contributed by atoms with van der Waals surface area (Å²) in [6, 6.07) is 4.56. The number of nitrogens with one attached hydrogen (secondary N) is 1. The molecule has 2 nitrogen and oxygen atoms in total. The fourth-order valence-corrected chi connectivity index (χ4v) is 3.77. The Morgan fingerprint density at radius 1 is 1.14 bits per heavy atom. The van der Waals surface area contributed by atoms with E-state index < -0.39 is 0 Å². The van der Waals surface area contributed by atoms with Crippen LogP contribution in [0.5, 0.6) is 0 Å². The highest BCUT2D eigenvalue weighted by molar-refractivity contribution is 5.87. The van der Waals surface area contributed by atoms with Crippen LogP contribution in [-0.4, -0.2) is 11.5 Å². The Morgan fingerprint density at radius 3 is 2.77 bits per heavy atom. The van der Waals surface area contributed by atoms with E-state index in [9.17, 15) is 0 Å². The van der Waals surface area contributed by atoms with Crippen molar-refractivity contribution in [3.05, 3.63) is 40.1 Å². The molecule has 1 aromatic heterocycles. The van der Waals surface area contributed by atoms with Gasteiger partial charge in [-0.1, -0.05) is 19.4 Å². The molecule has 2 aromatic rings. The van der Waals surface area contributed by atoms with Gasteiger partial charge in [-0.05, 0) is 80.8 Å². The number of hydrogen-bond donors (Lipinski definition) is 1. The molecule has 0 unspecified atom stereocenters. The summed E-state index contributed by atoms with van der Waals surface area (Å²) in [4.78, 5) is 5.01. The molecule has 1 aliphatic rings. The van der Waals surface area contributed by atoms with E-state index in [1.165, 1.54) is 71.0 Å². The smallest absolute Gasteiger partial charge is 0.0714 e. The van der Waals surface area contributed by atoms with Gasteiger partial charge in [0.15, 0.2) is 0 Å². The van der Waals surface area contributed by atoms with Gasteiger partial charge >= 0.3 is 0 Å². The van der Waals surface area contributed by atoms with Crippen molar-refractivity contribution in [3.8, 4) is 0 Å². The molecule has 118 valence electrons. The van der Waals surface area contributed by atoms with Crippen molar-refractivity contribution in [2.24, 2.45) is 0 Å². The zero-order valence-electron chi connectivity index (χ0n) is 14.3. The summed E-state index contributed by atoms with van der Waals surface area (Å²) in [6.45, 7) is 8.76. The summed E-state index contributed by atoms with van der Waals surface area (Å²) in [5, 5.41) is 5.06. The number of hydrogen-bond acceptors (Lipinski definition) is 2. The number of nitrogens with zero attached hydrogens (tertiary/aromatic N) is 1. The Bertz CT molecular complexity index is 673. The van der Waals surface area contributed by atoms with Crippen LogP contribution in [0.2, 0.25) is 0 Å². The van der Waals surface area contributed by atoms with Gasteiger partial charge in [0, 0.05) is 17.6 Å². The molecular weight excluding hydrogens is 268 g/mol. The van der Waals surface area contributed by atoms with Crippen LogP contribution < -0.4 is 5.32 Å². The van der Waals surface area contributed by atoms with E-state index in [0.717, 1.165) is 19.5 Å². The van der Waals surface area contributed by atoms with Crippen LogP contribution in [0, 0.1) is 13.8 Å². The van der Waals surface area contributed by atoms with Crippen molar-refractivity contribution in [2.75, 3.05) is 6.54 Å². The molecule has 0 aliphatic heterocycles. The first-order chi connectivity index (χ1) is 10.7. The van der Waals surface area contributed by atoms with Gasteiger partial charge in [0.25, 0.3) is 0 Å². The van der Waals surface area contributed by atoms with Crippen LogP contribution in [0.25, 0.3) is 10.9 Å². The van der Waals surface area contributed by atoms with Crippen LogP contribution in [-0.2, 0) is 19.4 Å². The molecule has 22 heavy (non-hydrogen) atoms. The van der Waals surface area contributed by atoms with E-state index in [1.54, 1.807) is 0 Å². The second-order valence-electron chi connectivity index (χ2n) is 6.73. The average Bonchev–Trinajstić information content (AvgIpc) is 2.50. The number of fused-ring (bicyclic) bond motifs is 2. The molecule has 1 aromatic carbocycles. The van der Waals surface area contributed by atoms with Crippen molar-refractivity contribution in [3.63, 3.8) is 0 Å². The lowest BCUT2D eigenvalue weighted by molar-refractivity contribution is 0.624. The molecule has 0 amide bonds. The number of unbranched alkanes of at least 4 members (excludes halogenated alkanes) is 1. The lowest BCUT2D eigenvalue weighted by atomic mass is 9.88. The van der Waals surface area contributed by atoms with Crippen molar-refractivity contribution in [1.29, 1.82) is 0 Å². The van der Waals surface area contributed by atoms with Crippen molar-refractivity contribution < 1.29 is 0 Å². The predicted octanol–water partition coefficient (Wildman–Crippen LogP) is 4.62. The van der Waals surface area contributed by atoms with E-state index in [-0.39, 0.29) is 0 Å². The van der Waals surface area contributed by atoms with E-state index in [2.05, 4.69) is 38.2 Å². The molecule has 0 fully saturated rings. The normalized spacial score (nSPS) is 14.3. The third kappa shape index (κ3) is 3.03. The fourth-order valence-electron chi connectivity index (χ4n) is 3.77. The van der Waals surface area contributed by atoms with Gasteiger partial charge in [-0.25, -0.2) is 0 Å². The summed E-state index contributed by atoms with van der Waals surface area (Å²) in [5.74, 6) is 0. The summed E-state index contributed by atoms with van der Waals surface area (Å²) in [5.41, 5.74) is 8.31. The second-order valence-corrected chi connectivity index (χ2v) is 6.73. The first-order valence-electron chi connectivity index (χ1n) is 8.83. The summed E-state index contributed by atoms with van der Waals surface area (Å²) < 4.78 is 0. The lowest BCUT2D eigenvalue weighted by Gasteiger charge is -2.22. The molecular formula is C20H28N2. The molecule has 0 atom stereocenters. The molecule has 0 bridgehead atoms. The first kappa shape index (κ1) is 15.5. The van der Waals surface area contributed by atoms with Gasteiger partial charge in [-0.3, -0.25) is 4.98 Å². The van der Waals surface area contributed by atoms with Crippen LogP contribution in [0.3, 0.4) is 0 Å². The Balaban J connectivity index is 2.08. The molecule has 1 heterocycles.